The van der Waals surface area contributed by atoms with Gasteiger partial charge in [-0.1, -0.05) is 0 Å². The molecule has 2 heterocycles. The third kappa shape index (κ3) is 3.29. The Balaban J connectivity index is 1.63. The third-order valence-corrected chi connectivity index (χ3v) is 6.19. The van der Waals surface area contributed by atoms with E-state index >= 15 is 0 Å². The van der Waals surface area contributed by atoms with Crippen LogP contribution in [0.2, 0.25) is 0 Å². The van der Waals surface area contributed by atoms with Crippen molar-refractivity contribution in [3.63, 3.8) is 0 Å². The number of aliphatic hydroxyl groups excluding tert-OH is 1. The predicted octanol–water partition coefficient (Wildman–Crippen LogP) is 4.21. The monoisotopic (exact) mass is 459 g/mol. The number of halogens is 4. The highest BCUT2D eigenvalue weighted by atomic mass is 19.2. The van der Waals surface area contributed by atoms with Gasteiger partial charge in [-0.3, -0.25) is 9.59 Å². The standard InChI is InChI=1S/C23H17F4N3O3/c1-30(23(33)17-5-9-4-12(24)15(27)8-16(9)28-17)18-2-3-19(31)21-20(18)10-6-13(25)14(26)7-11(10)22(32)29-21/h4-8,18-19,28,31H,2-3H2,1H3,(H,29,32)/t18-,19+/m1/s1. The molecule has 0 fully saturated rings. The Kier molecular flexibility index (Phi) is 4.78. The van der Waals surface area contributed by atoms with Gasteiger partial charge in [0.2, 0.25) is 0 Å². The van der Waals surface area contributed by atoms with Crippen LogP contribution in [0, 0.1) is 23.3 Å². The molecule has 0 unspecified atom stereocenters. The summed E-state index contributed by atoms with van der Waals surface area (Å²) in [7, 11) is 1.48. The fourth-order valence-electron chi connectivity index (χ4n) is 4.55. The van der Waals surface area contributed by atoms with Gasteiger partial charge in [-0.2, -0.15) is 0 Å². The van der Waals surface area contributed by atoms with Gasteiger partial charge in [0.25, 0.3) is 11.5 Å². The summed E-state index contributed by atoms with van der Waals surface area (Å²) in [5, 5.41) is 10.7. The fourth-order valence-corrected chi connectivity index (χ4v) is 4.55. The molecular weight excluding hydrogens is 442 g/mol. The quantitative estimate of drug-likeness (QED) is 0.393. The molecule has 1 amide bonds. The first-order chi connectivity index (χ1) is 15.7. The number of benzene rings is 2. The van der Waals surface area contributed by atoms with Crippen molar-refractivity contribution in [2.24, 2.45) is 0 Å². The number of amides is 1. The first-order valence-electron chi connectivity index (χ1n) is 10.1. The zero-order chi connectivity index (χ0) is 23.6. The number of rotatable bonds is 2. The van der Waals surface area contributed by atoms with Crippen LogP contribution in [0.3, 0.4) is 0 Å². The molecule has 0 radical (unpaired) electrons. The number of carbonyl (C=O) groups is 1. The van der Waals surface area contributed by atoms with Crippen LogP contribution in [0.4, 0.5) is 17.6 Å². The molecular formula is C23H17F4N3O3. The lowest BCUT2D eigenvalue weighted by Gasteiger charge is -2.35. The number of pyridine rings is 1. The first-order valence-corrected chi connectivity index (χ1v) is 10.1. The van der Waals surface area contributed by atoms with Crippen molar-refractivity contribution >= 4 is 27.6 Å². The highest BCUT2D eigenvalue weighted by molar-refractivity contribution is 5.98. The molecule has 0 bridgehead atoms. The van der Waals surface area contributed by atoms with E-state index in [0.717, 1.165) is 24.3 Å². The number of nitrogens with one attached hydrogen (secondary N) is 2. The Labute approximate surface area is 183 Å². The molecule has 0 saturated heterocycles. The molecule has 170 valence electrons. The van der Waals surface area contributed by atoms with Gasteiger partial charge in [-0.05, 0) is 42.5 Å². The molecule has 6 nitrogen and oxygen atoms in total. The first kappa shape index (κ1) is 21.2. The Morgan fingerprint density at radius 1 is 0.939 bits per heavy atom. The van der Waals surface area contributed by atoms with Gasteiger partial charge >= 0.3 is 0 Å². The summed E-state index contributed by atoms with van der Waals surface area (Å²) >= 11 is 0. The van der Waals surface area contributed by atoms with Crippen molar-refractivity contribution in [2.45, 2.75) is 25.0 Å². The lowest BCUT2D eigenvalue weighted by molar-refractivity contribution is 0.0657. The van der Waals surface area contributed by atoms with E-state index in [1.807, 2.05) is 0 Å². The summed E-state index contributed by atoms with van der Waals surface area (Å²) in [6, 6.07) is 4.28. The molecule has 2 aromatic carbocycles. The number of carbonyl (C=O) groups excluding carboxylic acids is 1. The maximum absolute atomic E-state index is 14.1. The van der Waals surface area contributed by atoms with Gasteiger partial charge in [0, 0.05) is 29.6 Å². The molecule has 0 saturated carbocycles. The predicted molar refractivity (Wildman–Crippen MR) is 112 cm³/mol. The maximum Gasteiger partial charge on any atom is 0.270 e. The zero-order valence-corrected chi connectivity index (χ0v) is 17.2. The lowest BCUT2D eigenvalue weighted by Crippen LogP contribution is -2.35. The van der Waals surface area contributed by atoms with Gasteiger partial charge in [0.05, 0.1) is 23.2 Å². The zero-order valence-electron chi connectivity index (χ0n) is 17.2. The van der Waals surface area contributed by atoms with Crippen molar-refractivity contribution in [2.75, 3.05) is 7.05 Å². The minimum absolute atomic E-state index is 0.0659. The summed E-state index contributed by atoms with van der Waals surface area (Å²) in [5.41, 5.74) is 0.0612. The number of nitrogens with zero attached hydrogens (tertiary/aromatic N) is 1. The van der Waals surface area contributed by atoms with E-state index in [0.29, 0.717) is 10.9 Å². The van der Waals surface area contributed by atoms with Gasteiger partial charge in [0.1, 0.15) is 5.69 Å². The lowest BCUT2D eigenvalue weighted by atomic mass is 9.85. The van der Waals surface area contributed by atoms with Crippen molar-refractivity contribution < 1.29 is 27.5 Å². The smallest absolute Gasteiger partial charge is 0.270 e. The number of hydrogen-bond donors (Lipinski definition) is 3. The fraction of sp³-hybridized carbons (Fsp3) is 0.217. The SMILES string of the molecule is CN(C(=O)c1cc2cc(F)c(F)cc2[nH]1)[C@@H]1CC[C@H](O)c2[nH]c(=O)c3cc(F)c(F)cc3c21. The third-order valence-electron chi connectivity index (χ3n) is 6.19. The highest BCUT2D eigenvalue weighted by Crippen LogP contribution is 2.41. The highest BCUT2D eigenvalue weighted by Gasteiger charge is 2.34. The van der Waals surface area contributed by atoms with Crippen molar-refractivity contribution in [1.82, 2.24) is 14.9 Å². The number of H-pyrrole nitrogens is 2. The normalized spacial score (nSPS) is 18.0. The molecule has 3 N–H and O–H groups in total. The summed E-state index contributed by atoms with van der Waals surface area (Å²) in [5.74, 6) is -4.99. The Bertz CT molecular complexity index is 1470. The van der Waals surface area contributed by atoms with Crippen LogP contribution in [0.5, 0.6) is 0 Å². The Morgan fingerprint density at radius 3 is 2.30 bits per heavy atom. The topological polar surface area (TPSA) is 89.2 Å². The van der Waals surface area contributed by atoms with E-state index in [1.54, 1.807) is 0 Å². The second-order valence-corrected chi connectivity index (χ2v) is 8.15. The molecule has 1 aliphatic carbocycles. The number of aliphatic hydroxyl groups is 1. The van der Waals surface area contributed by atoms with Crippen LogP contribution in [-0.4, -0.2) is 32.9 Å². The molecule has 2 atom stereocenters. The minimum atomic E-state index is -1.19. The minimum Gasteiger partial charge on any atom is -0.387 e. The van der Waals surface area contributed by atoms with E-state index in [-0.39, 0.29) is 40.5 Å². The molecule has 0 aliphatic heterocycles. The Hall–Kier alpha value is -3.66. The van der Waals surface area contributed by atoms with Crippen LogP contribution in [-0.2, 0) is 0 Å². The molecule has 2 aromatic heterocycles. The average Bonchev–Trinajstić information content (AvgIpc) is 3.18. The summed E-state index contributed by atoms with van der Waals surface area (Å²) < 4.78 is 55.0. The second-order valence-electron chi connectivity index (χ2n) is 8.15. The van der Waals surface area contributed by atoms with E-state index in [4.69, 9.17) is 0 Å². The number of fused-ring (bicyclic) bond motifs is 4. The van der Waals surface area contributed by atoms with Gasteiger partial charge in [-0.15, -0.1) is 0 Å². The number of hydrogen-bond acceptors (Lipinski definition) is 3. The molecule has 5 rings (SSSR count). The van der Waals surface area contributed by atoms with E-state index in [9.17, 15) is 32.3 Å². The second kappa shape index (κ2) is 7.45. The van der Waals surface area contributed by atoms with Crippen LogP contribution in [0.25, 0.3) is 21.7 Å². The average molecular weight is 459 g/mol. The molecule has 0 spiro atoms. The van der Waals surface area contributed by atoms with Gasteiger partial charge in [0.15, 0.2) is 23.3 Å². The number of aromatic amines is 2. The number of aromatic nitrogens is 2. The Morgan fingerprint density at radius 2 is 1.58 bits per heavy atom. The van der Waals surface area contributed by atoms with Gasteiger partial charge in [-0.25, -0.2) is 17.6 Å². The van der Waals surface area contributed by atoms with Crippen LogP contribution in [0.1, 0.15) is 46.7 Å². The summed E-state index contributed by atoms with van der Waals surface area (Å²) in [6.07, 6.45) is -0.562. The molecule has 4 aromatic rings. The molecule has 1 aliphatic rings. The van der Waals surface area contributed by atoms with Crippen molar-refractivity contribution in [1.29, 1.82) is 0 Å². The van der Waals surface area contributed by atoms with E-state index in [2.05, 4.69) is 9.97 Å². The summed E-state index contributed by atoms with van der Waals surface area (Å²) in [4.78, 5) is 32.3. The molecule has 10 heteroatoms. The molecule has 33 heavy (non-hydrogen) atoms. The van der Waals surface area contributed by atoms with Crippen molar-refractivity contribution in [3.8, 4) is 0 Å². The van der Waals surface area contributed by atoms with Gasteiger partial charge < -0.3 is 20.0 Å². The van der Waals surface area contributed by atoms with Crippen LogP contribution in [0.15, 0.2) is 35.1 Å². The largest absolute Gasteiger partial charge is 0.387 e. The summed E-state index contributed by atoms with van der Waals surface area (Å²) in [6.45, 7) is 0. The maximum atomic E-state index is 14.1. The van der Waals surface area contributed by atoms with Crippen molar-refractivity contribution in [3.05, 3.63) is 80.9 Å². The van der Waals surface area contributed by atoms with E-state index in [1.165, 1.54) is 18.0 Å². The van der Waals surface area contributed by atoms with Crippen LogP contribution >= 0.6 is 0 Å². The van der Waals surface area contributed by atoms with Crippen LogP contribution < -0.4 is 5.56 Å². The van der Waals surface area contributed by atoms with E-state index < -0.39 is 46.9 Å².